The first-order valence-electron chi connectivity index (χ1n) is 6.26. The maximum absolute atomic E-state index is 13.8. The average Bonchev–Trinajstić information content (AvgIpc) is 2.39. The van der Waals surface area contributed by atoms with E-state index in [1.165, 1.54) is 7.11 Å². The van der Waals surface area contributed by atoms with Gasteiger partial charge in [-0.15, -0.1) is 0 Å². The van der Waals surface area contributed by atoms with Crippen molar-refractivity contribution in [1.82, 2.24) is 5.32 Å². The second-order valence-corrected chi connectivity index (χ2v) is 4.73. The molecule has 0 aromatic heterocycles. The molecule has 0 unspecified atom stereocenters. The molecule has 1 fully saturated rings. The fourth-order valence-electron chi connectivity index (χ4n) is 2.75. The summed E-state index contributed by atoms with van der Waals surface area (Å²) in [7, 11) is 1.50. The van der Waals surface area contributed by atoms with Crippen LogP contribution in [-0.2, 0) is 5.41 Å². The molecule has 0 saturated carbocycles. The van der Waals surface area contributed by atoms with E-state index in [2.05, 4.69) is 12.2 Å². The van der Waals surface area contributed by atoms with Gasteiger partial charge in [0.2, 0.25) is 0 Å². The minimum absolute atomic E-state index is 0.137. The normalized spacial score (nSPS) is 19.0. The number of hydrogen-bond acceptors (Lipinski definition) is 2. The minimum Gasteiger partial charge on any atom is -0.494 e. The summed E-state index contributed by atoms with van der Waals surface area (Å²) in [6.45, 7) is 4.22. The predicted octanol–water partition coefficient (Wildman–Crippen LogP) is 2.87. The maximum atomic E-state index is 13.8. The van der Waals surface area contributed by atoms with Crippen molar-refractivity contribution in [2.24, 2.45) is 0 Å². The van der Waals surface area contributed by atoms with E-state index in [0.29, 0.717) is 5.75 Å². The molecule has 1 aromatic carbocycles. The lowest BCUT2D eigenvalue weighted by Gasteiger charge is -2.37. The molecule has 0 radical (unpaired) electrons. The van der Waals surface area contributed by atoms with Crippen molar-refractivity contribution < 1.29 is 9.13 Å². The van der Waals surface area contributed by atoms with E-state index in [1.807, 2.05) is 6.07 Å². The Morgan fingerprint density at radius 3 is 2.59 bits per heavy atom. The van der Waals surface area contributed by atoms with E-state index in [-0.39, 0.29) is 11.2 Å². The smallest absolute Gasteiger partial charge is 0.165 e. The number of halogens is 1. The third-order valence-electron chi connectivity index (χ3n) is 4.00. The Morgan fingerprint density at radius 2 is 2.06 bits per heavy atom. The molecule has 17 heavy (non-hydrogen) atoms. The predicted molar refractivity (Wildman–Crippen MR) is 67.0 cm³/mol. The van der Waals surface area contributed by atoms with Crippen molar-refractivity contribution in [2.75, 3.05) is 20.2 Å². The number of methoxy groups -OCH3 is 1. The van der Waals surface area contributed by atoms with Gasteiger partial charge >= 0.3 is 0 Å². The lowest BCUT2D eigenvalue weighted by Crippen LogP contribution is -2.39. The second-order valence-electron chi connectivity index (χ2n) is 4.73. The average molecular weight is 237 g/mol. The zero-order valence-electron chi connectivity index (χ0n) is 10.6. The molecule has 3 heteroatoms. The van der Waals surface area contributed by atoms with Crippen LogP contribution in [0.4, 0.5) is 4.39 Å². The summed E-state index contributed by atoms with van der Waals surface area (Å²) < 4.78 is 18.7. The van der Waals surface area contributed by atoms with Gasteiger partial charge in [-0.05, 0) is 55.5 Å². The van der Waals surface area contributed by atoms with Crippen LogP contribution in [0.3, 0.4) is 0 Å². The summed E-state index contributed by atoms with van der Waals surface area (Å²) in [4.78, 5) is 0. The molecular formula is C14H20FNO. The molecule has 1 N–H and O–H groups in total. The van der Waals surface area contributed by atoms with Crippen LogP contribution in [0, 0.1) is 5.82 Å². The molecule has 2 rings (SSSR count). The molecule has 2 nitrogen and oxygen atoms in total. The van der Waals surface area contributed by atoms with Crippen molar-refractivity contribution in [3.63, 3.8) is 0 Å². The van der Waals surface area contributed by atoms with Gasteiger partial charge in [-0.25, -0.2) is 4.39 Å². The zero-order valence-corrected chi connectivity index (χ0v) is 10.6. The molecule has 1 aromatic rings. The highest BCUT2D eigenvalue weighted by molar-refractivity contribution is 5.34. The van der Waals surface area contributed by atoms with Crippen LogP contribution >= 0.6 is 0 Å². The van der Waals surface area contributed by atoms with Gasteiger partial charge in [-0.3, -0.25) is 0 Å². The van der Waals surface area contributed by atoms with Crippen molar-refractivity contribution in [2.45, 2.75) is 31.6 Å². The zero-order chi connectivity index (χ0) is 12.3. The summed E-state index contributed by atoms with van der Waals surface area (Å²) in [6.07, 6.45) is 3.21. The quantitative estimate of drug-likeness (QED) is 0.872. The lowest BCUT2D eigenvalue weighted by atomic mass is 9.71. The van der Waals surface area contributed by atoms with Crippen LogP contribution in [0.15, 0.2) is 18.2 Å². The van der Waals surface area contributed by atoms with Gasteiger partial charge in [0.25, 0.3) is 0 Å². The summed E-state index contributed by atoms with van der Waals surface area (Å²) in [5.74, 6) is 0.0743. The first-order chi connectivity index (χ1) is 8.22. The first-order valence-corrected chi connectivity index (χ1v) is 6.26. The fraction of sp³-hybridized carbons (Fsp3) is 0.571. The number of benzene rings is 1. The summed E-state index contributed by atoms with van der Waals surface area (Å²) >= 11 is 0. The summed E-state index contributed by atoms with van der Waals surface area (Å²) in [5.41, 5.74) is 1.25. The van der Waals surface area contributed by atoms with Gasteiger partial charge in [-0.1, -0.05) is 13.0 Å². The minimum atomic E-state index is -0.253. The van der Waals surface area contributed by atoms with Crippen LogP contribution in [0.2, 0.25) is 0 Å². The number of piperidine rings is 1. The van der Waals surface area contributed by atoms with E-state index in [0.717, 1.165) is 37.9 Å². The Labute approximate surface area is 102 Å². The van der Waals surface area contributed by atoms with Crippen molar-refractivity contribution in [1.29, 1.82) is 0 Å². The fourth-order valence-corrected chi connectivity index (χ4v) is 2.75. The van der Waals surface area contributed by atoms with Gasteiger partial charge in [0.15, 0.2) is 11.6 Å². The van der Waals surface area contributed by atoms with Crippen LogP contribution in [-0.4, -0.2) is 20.2 Å². The second kappa shape index (κ2) is 5.05. The highest BCUT2D eigenvalue weighted by Gasteiger charge is 2.32. The SMILES string of the molecule is CCC1(c2ccc(OC)c(F)c2)CCNCC1. The Hall–Kier alpha value is -1.09. The molecule has 0 aliphatic carbocycles. The highest BCUT2D eigenvalue weighted by Crippen LogP contribution is 2.37. The molecule has 1 saturated heterocycles. The van der Waals surface area contributed by atoms with E-state index in [1.54, 1.807) is 12.1 Å². The molecule has 94 valence electrons. The largest absolute Gasteiger partial charge is 0.494 e. The van der Waals surface area contributed by atoms with Crippen LogP contribution in [0.1, 0.15) is 31.7 Å². The Kier molecular flexibility index (Phi) is 3.67. The molecule has 0 amide bonds. The Balaban J connectivity index is 2.33. The van der Waals surface area contributed by atoms with E-state index in [4.69, 9.17) is 4.74 Å². The number of hydrogen-bond donors (Lipinski definition) is 1. The number of nitrogens with one attached hydrogen (secondary N) is 1. The molecule has 0 atom stereocenters. The summed E-state index contributed by atoms with van der Waals surface area (Å²) in [5, 5.41) is 3.36. The maximum Gasteiger partial charge on any atom is 0.165 e. The van der Waals surface area contributed by atoms with Crippen LogP contribution in [0.25, 0.3) is 0 Å². The Morgan fingerprint density at radius 1 is 1.35 bits per heavy atom. The van der Waals surface area contributed by atoms with Crippen molar-refractivity contribution >= 4 is 0 Å². The van der Waals surface area contributed by atoms with Gasteiger partial charge in [-0.2, -0.15) is 0 Å². The van der Waals surface area contributed by atoms with Crippen LogP contribution in [0.5, 0.6) is 5.75 Å². The van der Waals surface area contributed by atoms with Crippen LogP contribution < -0.4 is 10.1 Å². The van der Waals surface area contributed by atoms with Crippen molar-refractivity contribution in [3.8, 4) is 5.75 Å². The third kappa shape index (κ3) is 2.29. The molecule has 0 bridgehead atoms. The van der Waals surface area contributed by atoms with E-state index >= 15 is 0 Å². The molecule has 1 heterocycles. The summed E-state index contributed by atoms with van der Waals surface area (Å²) in [6, 6.07) is 5.40. The lowest BCUT2D eigenvalue weighted by molar-refractivity contribution is 0.295. The van der Waals surface area contributed by atoms with Crippen molar-refractivity contribution in [3.05, 3.63) is 29.6 Å². The third-order valence-corrected chi connectivity index (χ3v) is 4.00. The van der Waals surface area contributed by atoms with Gasteiger partial charge in [0.05, 0.1) is 7.11 Å². The molecule has 1 aliphatic rings. The number of rotatable bonds is 3. The monoisotopic (exact) mass is 237 g/mol. The van der Waals surface area contributed by atoms with Gasteiger partial charge in [0.1, 0.15) is 0 Å². The van der Waals surface area contributed by atoms with Gasteiger partial charge < -0.3 is 10.1 Å². The number of ether oxygens (including phenoxy) is 1. The molecule has 1 aliphatic heterocycles. The first kappa shape index (κ1) is 12.4. The topological polar surface area (TPSA) is 21.3 Å². The van der Waals surface area contributed by atoms with Gasteiger partial charge in [0, 0.05) is 0 Å². The molecule has 0 spiro atoms. The van der Waals surface area contributed by atoms with E-state index < -0.39 is 0 Å². The highest BCUT2D eigenvalue weighted by atomic mass is 19.1. The Bertz CT molecular complexity index is 386. The van der Waals surface area contributed by atoms with E-state index in [9.17, 15) is 4.39 Å². The molecular weight excluding hydrogens is 217 g/mol. The standard InChI is InChI=1S/C14H20FNO/c1-3-14(6-8-16-9-7-14)11-4-5-13(17-2)12(15)10-11/h4-5,10,16H,3,6-9H2,1-2H3.